The Bertz CT molecular complexity index is 492. The van der Waals surface area contributed by atoms with Gasteiger partial charge in [0.2, 0.25) is 0 Å². The number of anilines is 1. The molecule has 0 spiro atoms. The summed E-state index contributed by atoms with van der Waals surface area (Å²) >= 11 is 6.35. The van der Waals surface area contributed by atoms with Gasteiger partial charge in [-0.25, -0.2) is 0 Å². The maximum Gasteiger partial charge on any atom is 0.196 e. The van der Waals surface area contributed by atoms with Gasteiger partial charge in [-0.05, 0) is 30.9 Å². The van der Waals surface area contributed by atoms with E-state index in [1.54, 1.807) is 0 Å². The zero-order valence-corrected chi connectivity index (χ0v) is 12.5. The minimum absolute atomic E-state index is 0.382. The number of rotatable bonds is 2. The normalized spacial score (nSPS) is 24.6. The second-order valence-corrected chi connectivity index (χ2v) is 6.25. The van der Waals surface area contributed by atoms with Gasteiger partial charge in [0.25, 0.3) is 0 Å². The van der Waals surface area contributed by atoms with E-state index in [2.05, 4.69) is 9.89 Å². The zero-order chi connectivity index (χ0) is 13.9. The lowest BCUT2D eigenvalue weighted by Gasteiger charge is -2.32. The van der Waals surface area contributed by atoms with Crippen LogP contribution in [-0.4, -0.2) is 18.5 Å². The van der Waals surface area contributed by atoms with E-state index in [4.69, 9.17) is 17.3 Å². The monoisotopic (exact) mass is 291 g/mol. The Kier molecular flexibility index (Phi) is 4.16. The second-order valence-electron chi connectivity index (χ2n) is 5.84. The number of guanidine groups is 1. The molecule has 3 nitrogen and oxygen atoms in total. The van der Waals surface area contributed by atoms with Crippen LogP contribution in [0.2, 0.25) is 5.02 Å². The first-order chi connectivity index (χ1) is 9.77. The summed E-state index contributed by atoms with van der Waals surface area (Å²) in [4.78, 5) is 6.65. The Morgan fingerprint density at radius 3 is 2.50 bits per heavy atom. The first-order valence-corrected chi connectivity index (χ1v) is 7.99. The predicted molar refractivity (Wildman–Crippen MR) is 85.4 cm³/mol. The number of nitrogens with two attached hydrogens (primary N) is 1. The van der Waals surface area contributed by atoms with Gasteiger partial charge in [0, 0.05) is 0 Å². The van der Waals surface area contributed by atoms with Gasteiger partial charge in [-0.3, -0.25) is 4.99 Å². The molecule has 1 saturated carbocycles. The van der Waals surface area contributed by atoms with Crippen LogP contribution in [0.25, 0.3) is 0 Å². The largest absolute Gasteiger partial charge is 0.370 e. The molecule has 1 aliphatic heterocycles. The lowest BCUT2D eigenvalue weighted by atomic mass is 9.91. The minimum Gasteiger partial charge on any atom is -0.370 e. The number of hydrogen-bond donors (Lipinski definition) is 1. The molecule has 0 amide bonds. The number of halogens is 1. The van der Waals surface area contributed by atoms with E-state index >= 15 is 0 Å². The fraction of sp³-hybridized carbons (Fsp3) is 0.562. The second kappa shape index (κ2) is 6.04. The molecule has 0 radical (unpaired) electrons. The van der Waals surface area contributed by atoms with Crippen LogP contribution in [0.5, 0.6) is 0 Å². The van der Waals surface area contributed by atoms with E-state index in [0.717, 1.165) is 17.3 Å². The van der Waals surface area contributed by atoms with Crippen LogP contribution in [0.15, 0.2) is 29.3 Å². The van der Waals surface area contributed by atoms with E-state index in [-0.39, 0.29) is 0 Å². The summed E-state index contributed by atoms with van der Waals surface area (Å²) in [6.45, 7) is 0.807. The van der Waals surface area contributed by atoms with Crippen LogP contribution in [-0.2, 0) is 0 Å². The number of benzene rings is 1. The topological polar surface area (TPSA) is 41.6 Å². The molecule has 3 rings (SSSR count). The molecule has 0 aromatic heterocycles. The van der Waals surface area contributed by atoms with Crippen molar-refractivity contribution < 1.29 is 0 Å². The van der Waals surface area contributed by atoms with Gasteiger partial charge in [-0.1, -0.05) is 49.4 Å². The van der Waals surface area contributed by atoms with Crippen molar-refractivity contribution in [1.82, 2.24) is 0 Å². The smallest absolute Gasteiger partial charge is 0.196 e. The molecule has 0 bridgehead atoms. The average Bonchev–Trinajstić information content (AvgIpc) is 2.67. The molecule has 2 aliphatic rings. The molecule has 20 heavy (non-hydrogen) atoms. The summed E-state index contributed by atoms with van der Waals surface area (Å²) in [6, 6.07) is 8.31. The van der Waals surface area contributed by atoms with Crippen LogP contribution in [0.3, 0.4) is 0 Å². The Morgan fingerprint density at radius 1 is 1.10 bits per heavy atom. The molecule has 1 fully saturated rings. The molecule has 1 atom stereocenters. The summed E-state index contributed by atoms with van der Waals surface area (Å²) in [7, 11) is 0. The summed E-state index contributed by atoms with van der Waals surface area (Å²) in [6.07, 6.45) is 7.97. The molecule has 0 saturated heterocycles. The van der Waals surface area contributed by atoms with Crippen molar-refractivity contribution in [2.75, 3.05) is 11.4 Å². The van der Waals surface area contributed by atoms with Gasteiger partial charge in [-0.2, -0.15) is 0 Å². The van der Waals surface area contributed by atoms with Crippen molar-refractivity contribution in [2.24, 2.45) is 16.6 Å². The van der Waals surface area contributed by atoms with Gasteiger partial charge in [0.15, 0.2) is 5.96 Å². The van der Waals surface area contributed by atoms with Gasteiger partial charge < -0.3 is 10.6 Å². The van der Waals surface area contributed by atoms with Gasteiger partial charge in [0.05, 0.1) is 23.3 Å². The molecule has 108 valence electrons. The number of para-hydroxylation sites is 1. The van der Waals surface area contributed by atoms with Crippen molar-refractivity contribution in [2.45, 2.75) is 44.6 Å². The number of hydrogen-bond acceptors (Lipinski definition) is 3. The molecule has 4 heteroatoms. The lowest BCUT2D eigenvalue weighted by molar-refractivity contribution is 0.389. The quantitative estimate of drug-likeness (QED) is 0.842. The molecular weight excluding hydrogens is 270 g/mol. The van der Waals surface area contributed by atoms with E-state index in [0.29, 0.717) is 17.9 Å². The van der Waals surface area contributed by atoms with Crippen LogP contribution in [0, 0.1) is 5.92 Å². The average molecular weight is 292 g/mol. The first-order valence-electron chi connectivity index (χ1n) is 7.61. The third-order valence-corrected chi connectivity index (χ3v) is 4.89. The molecular formula is C16H22ClN3. The fourth-order valence-corrected chi connectivity index (χ4v) is 3.75. The minimum atomic E-state index is 0.382. The predicted octanol–water partition coefficient (Wildman–Crippen LogP) is 3.81. The number of aliphatic imine (C=N–C) groups is 1. The maximum absolute atomic E-state index is 6.35. The van der Waals surface area contributed by atoms with E-state index in [1.165, 1.54) is 38.5 Å². The third kappa shape index (κ3) is 2.64. The maximum atomic E-state index is 6.35. The highest BCUT2D eigenvalue weighted by atomic mass is 35.5. The molecule has 1 aliphatic carbocycles. The lowest BCUT2D eigenvalue weighted by Crippen LogP contribution is -2.45. The van der Waals surface area contributed by atoms with Crippen molar-refractivity contribution >= 4 is 23.2 Å². The van der Waals surface area contributed by atoms with E-state index in [1.807, 2.05) is 24.3 Å². The van der Waals surface area contributed by atoms with Crippen molar-refractivity contribution in [1.29, 1.82) is 0 Å². The summed E-state index contributed by atoms with van der Waals surface area (Å²) < 4.78 is 0. The van der Waals surface area contributed by atoms with Gasteiger partial charge in [0.1, 0.15) is 0 Å². The van der Waals surface area contributed by atoms with Crippen molar-refractivity contribution in [3.8, 4) is 0 Å². The molecule has 2 N–H and O–H groups in total. The third-order valence-electron chi connectivity index (χ3n) is 4.57. The van der Waals surface area contributed by atoms with Crippen LogP contribution in [0.4, 0.5) is 5.69 Å². The van der Waals surface area contributed by atoms with Gasteiger partial charge >= 0.3 is 0 Å². The highest BCUT2D eigenvalue weighted by Gasteiger charge is 2.34. The Morgan fingerprint density at radius 2 is 1.80 bits per heavy atom. The van der Waals surface area contributed by atoms with Crippen molar-refractivity contribution in [3.05, 3.63) is 29.3 Å². The van der Waals surface area contributed by atoms with Crippen LogP contribution < -0.4 is 10.6 Å². The first kappa shape index (κ1) is 13.7. The zero-order valence-electron chi connectivity index (χ0n) is 11.8. The van der Waals surface area contributed by atoms with E-state index < -0.39 is 0 Å². The Balaban J connectivity index is 1.86. The molecule has 1 aromatic carbocycles. The van der Waals surface area contributed by atoms with Crippen LogP contribution >= 0.6 is 11.6 Å². The number of nitrogens with zero attached hydrogens (tertiary/aromatic N) is 2. The van der Waals surface area contributed by atoms with Crippen molar-refractivity contribution in [3.63, 3.8) is 0 Å². The molecule has 1 unspecified atom stereocenters. The highest BCUT2D eigenvalue weighted by Crippen LogP contribution is 2.35. The summed E-state index contributed by atoms with van der Waals surface area (Å²) in [5.41, 5.74) is 7.14. The Hall–Kier alpha value is -1.22. The fourth-order valence-electron chi connectivity index (χ4n) is 3.52. The standard InChI is InChI=1S/C16H22ClN3/c17-13-9-5-6-10-14(13)20-15(11-19-16(20)18)12-7-3-1-2-4-8-12/h5-6,9-10,12,15H,1-4,7-8,11H2,(H2,18,19). The van der Waals surface area contributed by atoms with E-state index in [9.17, 15) is 0 Å². The molecule has 1 aromatic rings. The highest BCUT2D eigenvalue weighted by molar-refractivity contribution is 6.33. The Labute approximate surface area is 125 Å². The van der Waals surface area contributed by atoms with Gasteiger partial charge in [-0.15, -0.1) is 0 Å². The summed E-state index contributed by atoms with van der Waals surface area (Å²) in [5.74, 6) is 1.30. The van der Waals surface area contributed by atoms with Crippen LogP contribution in [0.1, 0.15) is 38.5 Å². The SMILES string of the molecule is NC1=NCC(C2CCCCCC2)N1c1ccccc1Cl. The summed E-state index contributed by atoms with van der Waals surface area (Å²) in [5, 5.41) is 0.756. The molecule has 1 heterocycles.